The van der Waals surface area contributed by atoms with Crippen molar-refractivity contribution in [2.24, 2.45) is 0 Å². The van der Waals surface area contributed by atoms with Gasteiger partial charge in [-0.2, -0.15) is 0 Å². The molecule has 2 atom stereocenters. The summed E-state index contributed by atoms with van der Waals surface area (Å²) in [6, 6.07) is 18.6. The summed E-state index contributed by atoms with van der Waals surface area (Å²) in [5.41, 5.74) is 2.26. The van der Waals surface area contributed by atoms with Crippen molar-refractivity contribution >= 4 is 23.6 Å². The van der Waals surface area contributed by atoms with Crippen molar-refractivity contribution in [3.63, 3.8) is 0 Å². The topological polar surface area (TPSA) is 97.0 Å². The van der Waals surface area contributed by atoms with Crippen LogP contribution in [-0.2, 0) is 16.1 Å². The Labute approximate surface area is 213 Å². The number of hydrogen-bond donors (Lipinski definition) is 2. The fourth-order valence-corrected chi connectivity index (χ4v) is 4.25. The predicted octanol–water partition coefficient (Wildman–Crippen LogP) is 4.43. The van der Waals surface area contributed by atoms with Gasteiger partial charge in [0.15, 0.2) is 12.1 Å². The van der Waals surface area contributed by atoms with Crippen molar-refractivity contribution in [2.75, 3.05) is 12.4 Å². The van der Waals surface area contributed by atoms with E-state index in [2.05, 4.69) is 10.6 Å². The highest BCUT2D eigenvalue weighted by molar-refractivity contribution is 6.04. The minimum atomic E-state index is -0.862. The third kappa shape index (κ3) is 5.55. The standard InChI is InChI=1S/C28H26FN3O5/c1-36-23-4-2-3-17(15-23)16-32-24(27(34)31-22-13-14-22)25(37-28(32)35)18-7-11-21(12-8-18)30-26(33)19-5-9-20(29)10-6-19/h2-12,15,22,24-25H,13-14,16H2,1H3,(H,30,33)(H,31,34)/t24-,25-/m1/s1. The van der Waals surface area contributed by atoms with E-state index in [1.54, 1.807) is 31.4 Å². The molecule has 0 unspecified atom stereocenters. The highest BCUT2D eigenvalue weighted by atomic mass is 19.1. The zero-order valence-electron chi connectivity index (χ0n) is 20.1. The molecule has 3 aromatic rings. The molecule has 1 heterocycles. The van der Waals surface area contributed by atoms with Crippen LogP contribution >= 0.6 is 0 Å². The van der Waals surface area contributed by atoms with Gasteiger partial charge in [0.2, 0.25) is 5.91 Å². The Hall–Kier alpha value is -4.40. The summed E-state index contributed by atoms with van der Waals surface area (Å²) in [6.07, 6.45) is 0.420. The SMILES string of the molecule is COc1cccc(CN2C(=O)O[C@H](c3ccc(NC(=O)c4ccc(F)cc4)cc3)[C@@H]2C(=O)NC2CC2)c1. The van der Waals surface area contributed by atoms with Gasteiger partial charge in [0.05, 0.1) is 13.7 Å². The van der Waals surface area contributed by atoms with E-state index in [1.807, 2.05) is 24.3 Å². The van der Waals surface area contributed by atoms with E-state index in [0.29, 0.717) is 22.6 Å². The van der Waals surface area contributed by atoms with Crippen molar-refractivity contribution in [3.05, 3.63) is 95.3 Å². The lowest BCUT2D eigenvalue weighted by atomic mass is 10.00. The maximum absolute atomic E-state index is 13.2. The van der Waals surface area contributed by atoms with E-state index in [9.17, 15) is 18.8 Å². The number of carbonyl (C=O) groups is 3. The number of nitrogens with one attached hydrogen (secondary N) is 2. The number of methoxy groups -OCH3 is 1. The molecule has 2 N–H and O–H groups in total. The minimum Gasteiger partial charge on any atom is -0.497 e. The lowest BCUT2D eigenvalue weighted by Crippen LogP contribution is -2.46. The highest BCUT2D eigenvalue weighted by Crippen LogP contribution is 2.35. The molecular formula is C28H26FN3O5. The number of cyclic esters (lactones) is 1. The summed E-state index contributed by atoms with van der Waals surface area (Å²) in [7, 11) is 1.57. The monoisotopic (exact) mass is 503 g/mol. The third-order valence-electron chi connectivity index (χ3n) is 6.37. The van der Waals surface area contributed by atoms with Crippen LogP contribution in [0.5, 0.6) is 5.75 Å². The number of nitrogens with zero attached hydrogens (tertiary/aromatic N) is 1. The Balaban J connectivity index is 1.35. The normalized spacial score (nSPS) is 18.8. The van der Waals surface area contributed by atoms with Crippen LogP contribution < -0.4 is 15.4 Å². The minimum absolute atomic E-state index is 0.117. The summed E-state index contributed by atoms with van der Waals surface area (Å²) in [5, 5.41) is 5.75. The molecule has 1 aliphatic heterocycles. The van der Waals surface area contributed by atoms with Crippen LogP contribution in [0.25, 0.3) is 0 Å². The molecule has 2 fully saturated rings. The Morgan fingerprint density at radius 2 is 1.78 bits per heavy atom. The number of anilines is 1. The second kappa shape index (κ2) is 10.3. The molecule has 1 saturated carbocycles. The van der Waals surface area contributed by atoms with Gasteiger partial charge in [-0.25, -0.2) is 9.18 Å². The van der Waals surface area contributed by atoms with Gasteiger partial charge in [-0.3, -0.25) is 14.5 Å². The molecule has 1 saturated heterocycles. The maximum Gasteiger partial charge on any atom is 0.411 e. The second-order valence-corrected chi connectivity index (χ2v) is 9.09. The molecule has 3 amide bonds. The molecule has 3 aromatic carbocycles. The predicted molar refractivity (Wildman–Crippen MR) is 134 cm³/mol. The van der Waals surface area contributed by atoms with Gasteiger partial charge < -0.3 is 20.1 Å². The van der Waals surface area contributed by atoms with Crippen LogP contribution in [0.4, 0.5) is 14.9 Å². The second-order valence-electron chi connectivity index (χ2n) is 9.09. The molecule has 0 spiro atoms. The van der Waals surface area contributed by atoms with E-state index in [1.165, 1.54) is 29.2 Å². The molecular weight excluding hydrogens is 477 g/mol. The zero-order chi connectivity index (χ0) is 25.9. The largest absolute Gasteiger partial charge is 0.497 e. The maximum atomic E-state index is 13.2. The first-order valence-electron chi connectivity index (χ1n) is 12.0. The fraction of sp³-hybridized carbons (Fsp3) is 0.250. The van der Waals surface area contributed by atoms with Gasteiger partial charge in [0.1, 0.15) is 11.6 Å². The number of rotatable bonds is 8. The molecule has 8 nitrogen and oxygen atoms in total. The summed E-state index contributed by atoms with van der Waals surface area (Å²) < 4.78 is 24.1. The average Bonchev–Trinajstić information content (AvgIpc) is 3.66. The Morgan fingerprint density at radius 3 is 2.46 bits per heavy atom. The van der Waals surface area contributed by atoms with Crippen LogP contribution in [0.2, 0.25) is 0 Å². The Bertz CT molecular complexity index is 1310. The van der Waals surface area contributed by atoms with Crippen LogP contribution in [0.1, 0.15) is 40.4 Å². The molecule has 1 aliphatic carbocycles. The van der Waals surface area contributed by atoms with E-state index in [4.69, 9.17) is 9.47 Å². The first-order chi connectivity index (χ1) is 17.9. The molecule has 190 valence electrons. The number of halogens is 1. The number of hydrogen-bond acceptors (Lipinski definition) is 5. The number of carbonyl (C=O) groups excluding carboxylic acids is 3. The number of ether oxygens (including phenoxy) is 2. The highest BCUT2D eigenvalue weighted by Gasteiger charge is 2.47. The van der Waals surface area contributed by atoms with Crippen molar-refractivity contribution in [1.29, 1.82) is 0 Å². The molecule has 37 heavy (non-hydrogen) atoms. The Morgan fingerprint density at radius 1 is 1.05 bits per heavy atom. The van der Waals surface area contributed by atoms with Gasteiger partial charge in [0, 0.05) is 17.3 Å². The molecule has 0 radical (unpaired) electrons. The van der Waals surface area contributed by atoms with E-state index in [-0.39, 0.29) is 24.4 Å². The third-order valence-corrected chi connectivity index (χ3v) is 6.37. The lowest BCUT2D eigenvalue weighted by molar-refractivity contribution is -0.126. The van der Waals surface area contributed by atoms with Crippen molar-refractivity contribution < 1.29 is 28.2 Å². The van der Waals surface area contributed by atoms with Crippen LogP contribution in [-0.4, -0.2) is 42.0 Å². The van der Waals surface area contributed by atoms with Crippen LogP contribution in [0, 0.1) is 5.82 Å². The summed E-state index contributed by atoms with van der Waals surface area (Å²) in [6.45, 7) is 0.182. The number of amides is 3. The lowest BCUT2D eigenvalue weighted by Gasteiger charge is -2.24. The zero-order valence-corrected chi connectivity index (χ0v) is 20.1. The Kier molecular flexibility index (Phi) is 6.76. The van der Waals surface area contributed by atoms with Crippen molar-refractivity contribution in [2.45, 2.75) is 37.6 Å². The summed E-state index contributed by atoms with van der Waals surface area (Å²) in [4.78, 5) is 40.1. The first-order valence-corrected chi connectivity index (χ1v) is 12.0. The fourth-order valence-electron chi connectivity index (χ4n) is 4.25. The first kappa shape index (κ1) is 24.3. The molecule has 2 aliphatic rings. The van der Waals surface area contributed by atoms with Gasteiger partial charge >= 0.3 is 6.09 Å². The molecule has 0 bridgehead atoms. The number of benzene rings is 3. The van der Waals surface area contributed by atoms with E-state index in [0.717, 1.165) is 18.4 Å². The quantitative estimate of drug-likeness (QED) is 0.474. The van der Waals surface area contributed by atoms with Gasteiger partial charge in [-0.1, -0.05) is 24.3 Å². The van der Waals surface area contributed by atoms with Crippen LogP contribution in [0.15, 0.2) is 72.8 Å². The van der Waals surface area contributed by atoms with E-state index < -0.39 is 24.1 Å². The van der Waals surface area contributed by atoms with Gasteiger partial charge in [0.25, 0.3) is 5.91 Å². The molecule has 9 heteroatoms. The van der Waals surface area contributed by atoms with E-state index >= 15 is 0 Å². The summed E-state index contributed by atoms with van der Waals surface area (Å²) >= 11 is 0. The van der Waals surface area contributed by atoms with Crippen LogP contribution in [0.3, 0.4) is 0 Å². The molecule has 5 rings (SSSR count). The smallest absolute Gasteiger partial charge is 0.411 e. The van der Waals surface area contributed by atoms with Gasteiger partial charge in [-0.15, -0.1) is 0 Å². The summed E-state index contributed by atoms with van der Waals surface area (Å²) in [5.74, 6) is -0.423. The average molecular weight is 504 g/mol. The van der Waals surface area contributed by atoms with Crippen molar-refractivity contribution in [3.8, 4) is 5.75 Å². The van der Waals surface area contributed by atoms with Crippen molar-refractivity contribution in [1.82, 2.24) is 10.2 Å². The molecule has 0 aromatic heterocycles. The van der Waals surface area contributed by atoms with Gasteiger partial charge in [-0.05, 0) is 72.5 Å².